The highest BCUT2D eigenvalue weighted by Crippen LogP contribution is 2.42. The molecule has 202 valence electrons. The summed E-state index contributed by atoms with van der Waals surface area (Å²) in [5, 5.41) is 31.0. The third-order valence-corrected chi connectivity index (χ3v) is 6.50. The van der Waals surface area contributed by atoms with Gasteiger partial charge in [0.25, 0.3) is 0 Å². The second-order valence-corrected chi connectivity index (χ2v) is 9.14. The Balaban J connectivity index is 1.49. The highest BCUT2D eigenvalue weighted by atomic mass is 19.4. The summed E-state index contributed by atoms with van der Waals surface area (Å²) in [4.78, 5) is 25.6. The van der Waals surface area contributed by atoms with Crippen LogP contribution in [0.2, 0.25) is 0 Å². The maximum atomic E-state index is 13.5. The summed E-state index contributed by atoms with van der Waals surface area (Å²) in [6.07, 6.45) is -3.62. The van der Waals surface area contributed by atoms with Gasteiger partial charge in [-0.3, -0.25) is 4.90 Å². The molecule has 0 radical (unpaired) electrons. The SMILES string of the molecule is N#Cc1cc2c(nc1-c1cccc(C(F)(F)F)c1)N(C(=O)Nc1ccnc(OC[C@@H](O)CO)c1)[C@H]1CCN2C1. The lowest BCUT2D eigenvalue weighted by atomic mass is 10.0. The molecule has 0 aliphatic carbocycles. The minimum Gasteiger partial charge on any atom is -0.475 e. The fraction of sp³-hybridized carbons (Fsp3) is 0.308. The van der Waals surface area contributed by atoms with E-state index in [9.17, 15) is 28.3 Å². The number of pyridine rings is 2. The summed E-state index contributed by atoms with van der Waals surface area (Å²) in [6.45, 7) is 0.463. The van der Waals surface area contributed by atoms with E-state index in [-0.39, 0.29) is 41.2 Å². The number of fused-ring (bicyclic) bond motifs is 4. The Hall–Kier alpha value is -4.41. The summed E-state index contributed by atoms with van der Waals surface area (Å²) in [5.74, 6) is 0.360. The monoisotopic (exact) mass is 540 g/mol. The molecule has 0 unspecified atom stereocenters. The number of aliphatic hydroxyl groups excluding tert-OH is 2. The standard InChI is InChI=1S/C26H23F3N6O4/c27-26(28,29)17-3-1-2-15(8-17)23-16(11-30)9-21-24(33-23)35(19-5-7-34(21)12-19)25(38)32-18-4-6-31-22(10-18)39-14-20(37)13-36/h1-4,6,8-10,19-20,36-37H,5,7,12-14H2,(H,31,32,38)/t19-,20-/m0/s1. The van der Waals surface area contributed by atoms with Crippen LogP contribution >= 0.6 is 0 Å². The molecule has 5 rings (SSSR count). The highest BCUT2D eigenvalue weighted by Gasteiger charge is 2.41. The lowest BCUT2D eigenvalue weighted by Gasteiger charge is -2.36. The van der Waals surface area contributed by atoms with E-state index in [1.807, 2.05) is 11.0 Å². The fourth-order valence-corrected chi connectivity index (χ4v) is 4.64. The Morgan fingerprint density at radius 3 is 2.85 bits per heavy atom. The third-order valence-electron chi connectivity index (χ3n) is 6.50. The number of anilines is 3. The Morgan fingerprint density at radius 1 is 1.28 bits per heavy atom. The van der Waals surface area contributed by atoms with Crippen molar-refractivity contribution in [3.63, 3.8) is 0 Å². The number of halogens is 3. The van der Waals surface area contributed by atoms with Crippen molar-refractivity contribution in [1.82, 2.24) is 9.97 Å². The molecule has 1 saturated heterocycles. The lowest BCUT2D eigenvalue weighted by molar-refractivity contribution is -0.137. The molecule has 2 aromatic heterocycles. The van der Waals surface area contributed by atoms with Crippen LogP contribution in [0.25, 0.3) is 11.3 Å². The zero-order chi connectivity index (χ0) is 27.7. The van der Waals surface area contributed by atoms with E-state index in [1.54, 1.807) is 12.1 Å². The number of amides is 2. The molecule has 10 nitrogen and oxygen atoms in total. The fourth-order valence-electron chi connectivity index (χ4n) is 4.64. The predicted octanol–water partition coefficient (Wildman–Crippen LogP) is 3.40. The van der Waals surface area contributed by atoms with Crippen molar-refractivity contribution in [2.45, 2.75) is 24.7 Å². The summed E-state index contributed by atoms with van der Waals surface area (Å²) in [6, 6.07) is 10.4. The smallest absolute Gasteiger partial charge is 0.416 e. The molecule has 1 aromatic carbocycles. The van der Waals surface area contributed by atoms with Crippen molar-refractivity contribution in [1.29, 1.82) is 5.26 Å². The number of benzene rings is 1. The van der Waals surface area contributed by atoms with E-state index < -0.39 is 30.5 Å². The van der Waals surface area contributed by atoms with Gasteiger partial charge in [0, 0.05) is 36.6 Å². The molecular weight excluding hydrogens is 517 g/mol. The summed E-state index contributed by atoms with van der Waals surface area (Å²) in [7, 11) is 0. The number of urea groups is 1. The van der Waals surface area contributed by atoms with Gasteiger partial charge in [-0.25, -0.2) is 14.8 Å². The Bertz CT molecular complexity index is 1440. The maximum Gasteiger partial charge on any atom is 0.416 e. The first-order valence-corrected chi connectivity index (χ1v) is 12.0. The molecule has 13 heteroatoms. The quantitative estimate of drug-likeness (QED) is 0.433. The van der Waals surface area contributed by atoms with Crippen LogP contribution in [0, 0.1) is 11.3 Å². The number of aliphatic hydroxyl groups is 2. The van der Waals surface area contributed by atoms with Crippen LogP contribution in [-0.4, -0.2) is 64.7 Å². The third kappa shape index (κ3) is 5.29. The van der Waals surface area contributed by atoms with Crippen molar-refractivity contribution in [3.05, 3.63) is 59.8 Å². The van der Waals surface area contributed by atoms with Gasteiger partial charge in [0.2, 0.25) is 5.88 Å². The van der Waals surface area contributed by atoms with Crippen LogP contribution < -0.4 is 19.9 Å². The van der Waals surface area contributed by atoms with E-state index in [0.717, 1.165) is 12.1 Å². The molecular formula is C26H23F3N6O4. The molecule has 2 bridgehead atoms. The van der Waals surface area contributed by atoms with E-state index in [1.165, 1.54) is 29.3 Å². The zero-order valence-corrected chi connectivity index (χ0v) is 20.4. The Kier molecular flexibility index (Phi) is 6.98. The van der Waals surface area contributed by atoms with Gasteiger partial charge in [0.1, 0.15) is 18.8 Å². The summed E-state index contributed by atoms with van der Waals surface area (Å²) < 4.78 is 45.4. The topological polar surface area (TPSA) is 135 Å². The minimum absolute atomic E-state index is 0.0460. The van der Waals surface area contributed by atoms with Gasteiger partial charge in [0.15, 0.2) is 5.82 Å². The van der Waals surface area contributed by atoms with Gasteiger partial charge >= 0.3 is 12.2 Å². The van der Waals surface area contributed by atoms with Crippen LogP contribution in [0.4, 0.5) is 35.2 Å². The molecule has 2 amide bonds. The summed E-state index contributed by atoms with van der Waals surface area (Å²) in [5.41, 5.74) is 0.270. The molecule has 2 atom stereocenters. The van der Waals surface area contributed by atoms with Gasteiger partial charge in [-0.2, -0.15) is 18.4 Å². The number of carbonyl (C=O) groups is 1. The average molecular weight is 541 g/mol. The van der Waals surface area contributed by atoms with Crippen LogP contribution in [0.1, 0.15) is 17.5 Å². The van der Waals surface area contributed by atoms with Crippen LogP contribution in [-0.2, 0) is 6.18 Å². The Labute approximate surface area is 220 Å². The molecule has 3 aromatic rings. The first-order valence-electron chi connectivity index (χ1n) is 12.0. The maximum absolute atomic E-state index is 13.5. The first-order chi connectivity index (χ1) is 18.7. The van der Waals surface area contributed by atoms with Crippen molar-refractivity contribution in [2.24, 2.45) is 0 Å². The second kappa shape index (κ2) is 10.4. The van der Waals surface area contributed by atoms with Crippen LogP contribution in [0.15, 0.2) is 48.7 Å². The van der Waals surface area contributed by atoms with Crippen LogP contribution in [0.5, 0.6) is 5.88 Å². The molecule has 2 aliphatic heterocycles. The molecule has 0 spiro atoms. The highest BCUT2D eigenvalue weighted by molar-refractivity contribution is 6.05. The van der Waals surface area contributed by atoms with Gasteiger partial charge in [-0.1, -0.05) is 12.1 Å². The number of rotatable bonds is 6. The van der Waals surface area contributed by atoms with Crippen molar-refractivity contribution in [3.8, 4) is 23.2 Å². The minimum atomic E-state index is -4.57. The van der Waals surface area contributed by atoms with Gasteiger partial charge in [-0.05, 0) is 30.7 Å². The van der Waals surface area contributed by atoms with Gasteiger partial charge in [-0.15, -0.1) is 0 Å². The lowest BCUT2D eigenvalue weighted by Crippen LogP contribution is -2.48. The molecule has 2 aliphatic rings. The number of hydrogen-bond acceptors (Lipinski definition) is 8. The number of hydrogen-bond donors (Lipinski definition) is 3. The summed E-state index contributed by atoms with van der Waals surface area (Å²) >= 11 is 0. The number of nitriles is 1. The number of nitrogens with zero attached hydrogens (tertiary/aromatic N) is 5. The Morgan fingerprint density at radius 2 is 2.10 bits per heavy atom. The van der Waals surface area contributed by atoms with E-state index in [4.69, 9.17) is 9.84 Å². The largest absolute Gasteiger partial charge is 0.475 e. The number of aromatic nitrogens is 2. The van der Waals surface area contributed by atoms with Crippen molar-refractivity contribution in [2.75, 3.05) is 41.4 Å². The number of carbonyl (C=O) groups excluding carboxylic acids is 1. The normalized spacial score (nSPS) is 16.9. The first kappa shape index (κ1) is 26.2. The number of alkyl halides is 3. The van der Waals surface area contributed by atoms with E-state index in [0.29, 0.717) is 30.9 Å². The number of nitrogens with one attached hydrogen (secondary N) is 1. The zero-order valence-electron chi connectivity index (χ0n) is 20.4. The molecule has 3 N–H and O–H groups in total. The predicted molar refractivity (Wildman–Crippen MR) is 134 cm³/mol. The van der Waals surface area contributed by atoms with Crippen molar-refractivity contribution < 1.29 is 32.9 Å². The molecule has 0 saturated carbocycles. The molecule has 4 heterocycles. The molecule has 1 fully saturated rings. The van der Waals surface area contributed by atoms with Crippen LogP contribution in [0.3, 0.4) is 0 Å². The number of ether oxygens (including phenoxy) is 1. The second-order valence-electron chi connectivity index (χ2n) is 9.14. The van der Waals surface area contributed by atoms with Gasteiger partial charge in [0.05, 0.1) is 35.2 Å². The van der Waals surface area contributed by atoms with Gasteiger partial charge < -0.3 is 25.2 Å². The van der Waals surface area contributed by atoms with E-state index in [2.05, 4.69) is 15.3 Å². The van der Waals surface area contributed by atoms with Crippen molar-refractivity contribution >= 4 is 23.2 Å². The molecule has 39 heavy (non-hydrogen) atoms. The average Bonchev–Trinajstić information content (AvgIpc) is 3.35. The van der Waals surface area contributed by atoms with E-state index >= 15 is 0 Å².